The van der Waals surface area contributed by atoms with E-state index in [0.717, 1.165) is 13.1 Å². The number of piperazine rings is 1. The van der Waals surface area contributed by atoms with E-state index in [4.69, 9.17) is 0 Å². The zero-order valence-corrected chi connectivity index (χ0v) is 12.2. The first-order valence-corrected chi connectivity index (χ1v) is 7.22. The van der Waals surface area contributed by atoms with Crippen molar-refractivity contribution in [1.82, 2.24) is 19.9 Å². The number of hydrogen-bond donors (Lipinski definition) is 2. The Kier molecular flexibility index (Phi) is 3.76. The van der Waals surface area contributed by atoms with Gasteiger partial charge in [-0.1, -0.05) is 0 Å². The van der Waals surface area contributed by atoms with Crippen LogP contribution in [0.25, 0.3) is 11.0 Å². The molecule has 1 aliphatic rings. The molecule has 1 fully saturated rings. The molecule has 0 bridgehead atoms. The number of nitrogens with one attached hydrogen (secondary N) is 1. The number of aromatic nitrogens is 3. The lowest BCUT2D eigenvalue weighted by molar-refractivity contribution is 0.0692. The Hall–Kier alpha value is -2.48. The van der Waals surface area contributed by atoms with Crippen molar-refractivity contribution in [3.05, 3.63) is 28.2 Å². The number of rotatable bonds is 3. The van der Waals surface area contributed by atoms with Crippen molar-refractivity contribution in [2.24, 2.45) is 0 Å². The summed E-state index contributed by atoms with van der Waals surface area (Å²) in [5, 5.41) is 12.7. The topological polar surface area (TPSA) is 100 Å². The van der Waals surface area contributed by atoms with Gasteiger partial charge in [0.05, 0.1) is 5.39 Å². The van der Waals surface area contributed by atoms with E-state index in [-0.39, 0.29) is 16.5 Å². The maximum absolute atomic E-state index is 12.1. The van der Waals surface area contributed by atoms with Gasteiger partial charge in [0.15, 0.2) is 11.1 Å². The Labute approximate surface area is 126 Å². The number of carboxylic acids is 1. The van der Waals surface area contributed by atoms with Crippen LogP contribution < -0.4 is 15.6 Å². The molecule has 0 radical (unpaired) electrons. The molecular formula is C14H17N5O3. The molecule has 0 saturated carbocycles. The predicted octanol–water partition coefficient (Wildman–Crippen LogP) is -0.0808. The number of aryl methyl sites for hydroxylation is 1. The molecule has 0 aliphatic carbocycles. The summed E-state index contributed by atoms with van der Waals surface area (Å²) in [5.74, 6) is -0.853. The summed E-state index contributed by atoms with van der Waals surface area (Å²) < 4.78 is 1.76. The molecule has 8 nitrogen and oxygen atoms in total. The summed E-state index contributed by atoms with van der Waals surface area (Å²) in [7, 11) is 0. The second kappa shape index (κ2) is 5.72. The zero-order chi connectivity index (χ0) is 15.7. The van der Waals surface area contributed by atoms with Crippen LogP contribution in [-0.2, 0) is 6.54 Å². The minimum Gasteiger partial charge on any atom is -0.476 e. The predicted molar refractivity (Wildman–Crippen MR) is 81.5 cm³/mol. The Morgan fingerprint density at radius 1 is 1.36 bits per heavy atom. The molecule has 0 unspecified atom stereocenters. The molecule has 3 heterocycles. The lowest BCUT2D eigenvalue weighted by Crippen LogP contribution is -2.44. The van der Waals surface area contributed by atoms with Crippen molar-refractivity contribution in [2.45, 2.75) is 13.5 Å². The molecule has 2 aromatic rings. The highest BCUT2D eigenvalue weighted by atomic mass is 16.4. The van der Waals surface area contributed by atoms with E-state index in [1.807, 2.05) is 11.8 Å². The highest BCUT2D eigenvalue weighted by Gasteiger charge is 2.21. The fourth-order valence-corrected chi connectivity index (χ4v) is 2.60. The van der Waals surface area contributed by atoms with E-state index < -0.39 is 5.97 Å². The number of anilines is 1. The number of carboxylic acid groups (broad SMARTS) is 1. The molecule has 2 N–H and O–H groups in total. The molecule has 0 spiro atoms. The van der Waals surface area contributed by atoms with Gasteiger partial charge in [-0.25, -0.2) is 9.78 Å². The number of fused-ring (bicyclic) bond motifs is 1. The van der Waals surface area contributed by atoms with Gasteiger partial charge in [-0.05, 0) is 6.92 Å². The fourth-order valence-electron chi connectivity index (χ4n) is 2.60. The summed E-state index contributed by atoms with van der Waals surface area (Å²) in [6, 6.07) is 1.35. The van der Waals surface area contributed by atoms with Gasteiger partial charge in [0, 0.05) is 45.0 Å². The van der Waals surface area contributed by atoms with Crippen LogP contribution in [0.1, 0.15) is 17.4 Å². The summed E-state index contributed by atoms with van der Waals surface area (Å²) in [5.41, 5.74) is -0.230. The zero-order valence-electron chi connectivity index (χ0n) is 12.2. The van der Waals surface area contributed by atoms with E-state index in [9.17, 15) is 14.7 Å². The van der Waals surface area contributed by atoms with Gasteiger partial charge in [-0.15, -0.1) is 0 Å². The molecule has 8 heteroatoms. The van der Waals surface area contributed by atoms with Crippen LogP contribution >= 0.6 is 0 Å². The van der Waals surface area contributed by atoms with Gasteiger partial charge in [-0.3, -0.25) is 4.79 Å². The normalized spacial score (nSPS) is 15.2. The largest absolute Gasteiger partial charge is 0.476 e. The third-order valence-corrected chi connectivity index (χ3v) is 3.75. The Bertz CT molecular complexity index is 780. The van der Waals surface area contributed by atoms with Crippen molar-refractivity contribution in [2.75, 3.05) is 31.1 Å². The van der Waals surface area contributed by atoms with Crippen molar-refractivity contribution >= 4 is 23.0 Å². The van der Waals surface area contributed by atoms with Crippen LogP contribution in [0.2, 0.25) is 0 Å². The van der Waals surface area contributed by atoms with Gasteiger partial charge in [0.25, 0.3) is 0 Å². The molecule has 3 rings (SSSR count). The Morgan fingerprint density at radius 2 is 2.09 bits per heavy atom. The van der Waals surface area contributed by atoms with E-state index in [2.05, 4.69) is 15.3 Å². The molecule has 116 valence electrons. The molecule has 2 aromatic heterocycles. The maximum Gasteiger partial charge on any atom is 0.355 e. The van der Waals surface area contributed by atoms with E-state index in [1.54, 1.807) is 10.8 Å². The van der Waals surface area contributed by atoms with Crippen LogP contribution in [-0.4, -0.2) is 51.8 Å². The Morgan fingerprint density at radius 3 is 2.73 bits per heavy atom. The van der Waals surface area contributed by atoms with E-state index >= 15 is 0 Å². The highest BCUT2D eigenvalue weighted by molar-refractivity contribution is 6.00. The third kappa shape index (κ3) is 2.41. The second-order valence-corrected chi connectivity index (χ2v) is 5.08. The Balaban J connectivity index is 2.28. The quantitative estimate of drug-likeness (QED) is 0.818. The summed E-state index contributed by atoms with van der Waals surface area (Å²) >= 11 is 0. The lowest BCUT2D eigenvalue weighted by atomic mass is 10.2. The SMILES string of the molecule is CCn1ccc(=O)c2c(C(=O)O)nc(N3CCNCC3)nc21. The van der Waals surface area contributed by atoms with E-state index in [1.165, 1.54) is 6.07 Å². The van der Waals surface area contributed by atoms with Crippen LogP contribution in [0.15, 0.2) is 17.1 Å². The number of hydrogen-bond acceptors (Lipinski definition) is 6. The molecule has 0 aromatic carbocycles. The first kappa shape index (κ1) is 14.5. The second-order valence-electron chi connectivity index (χ2n) is 5.08. The standard InChI is InChI=1S/C14H17N5O3/c1-2-18-6-3-9(20)10-11(13(21)22)16-14(17-12(10)18)19-7-4-15-5-8-19/h3,6,15H,2,4-5,7-8H2,1H3,(H,21,22). The van der Waals surface area contributed by atoms with Crippen LogP contribution in [0.4, 0.5) is 5.95 Å². The molecular weight excluding hydrogens is 286 g/mol. The summed E-state index contributed by atoms with van der Waals surface area (Å²) in [6.45, 7) is 5.49. The summed E-state index contributed by atoms with van der Waals surface area (Å²) in [4.78, 5) is 34.1. The first-order chi connectivity index (χ1) is 10.6. The minimum absolute atomic E-state index is 0.0655. The smallest absolute Gasteiger partial charge is 0.355 e. The van der Waals surface area contributed by atoms with Gasteiger partial charge in [0.1, 0.15) is 5.65 Å². The van der Waals surface area contributed by atoms with Crippen LogP contribution in [0.5, 0.6) is 0 Å². The number of carbonyl (C=O) groups is 1. The highest BCUT2D eigenvalue weighted by Crippen LogP contribution is 2.17. The van der Waals surface area contributed by atoms with Crippen molar-refractivity contribution in [3.63, 3.8) is 0 Å². The third-order valence-electron chi connectivity index (χ3n) is 3.75. The van der Waals surface area contributed by atoms with Crippen molar-refractivity contribution in [3.8, 4) is 0 Å². The number of nitrogens with zero attached hydrogens (tertiary/aromatic N) is 4. The molecule has 1 aliphatic heterocycles. The van der Waals surface area contributed by atoms with Crippen LogP contribution in [0, 0.1) is 0 Å². The average molecular weight is 303 g/mol. The van der Waals surface area contributed by atoms with Crippen LogP contribution in [0.3, 0.4) is 0 Å². The average Bonchev–Trinajstić information content (AvgIpc) is 2.55. The first-order valence-electron chi connectivity index (χ1n) is 7.22. The summed E-state index contributed by atoms with van der Waals surface area (Å²) in [6.07, 6.45) is 1.63. The van der Waals surface area contributed by atoms with Gasteiger partial charge < -0.3 is 19.9 Å². The van der Waals surface area contributed by atoms with Gasteiger partial charge >= 0.3 is 5.97 Å². The maximum atomic E-state index is 12.1. The lowest BCUT2D eigenvalue weighted by Gasteiger charge is -2.27. The molecule has 0 amide bonds. The molecule has 0 atom stereocenters. The van der Waals surface area contributed by atoms with Gasteiger partial charge in [-0.2, -0.15) is 4.98 Å². The monoisotopic (exact) mass is 303 g/mol. The number of aromatic carboxylic acids is 1. The van der Waals surface area contributed by atoms with Crippen molar-refractivity contribution < 1.29 is 9.90 Å². The molecule has 1 saturated heterocycles. The van der Waals surface area contributed by atoms with Crippen molar-refractivity contribution in [1.29, 1.82) is 0 Å². The molecule has 22 heavy (non-hydrogen) atoms. The minimum atomic E-state index is -1.21. The van der Waals surface area contributed by atoms with E-state index in [0.29, 0.717) is 31.2 Å². The van der Waals surface area contributed by atoms with Gasteiger partial charge in [0.2, 0.25) is 5.95 Å². The number of pyridine rings is 1. The fraction of sp³-hybridized carbons (Fsp3) is 0.429.